The van der Waals surface area contributed by atoms with E-state index in [1.165, 1.54) is 0 Å². The van der Waals surface area contributed by atoms with Crippen molar-refractivity contribution in [2.75, 3.05) is 40.8 Å². The van der Waals surface area contributed by atoms with Gasteiger partial charge in [0.25, 0.3) is 11.4 Å². The van der Waals surface area contributed by atoms with Crippen LogP contribution in [0.3, 0.4) is 0 Å². The molecule has 0 bridgehead atoms. The molecule has 13 heterocycles. The average molecular weight is 1660 g/mol. The lowest BCUT2D eigenvalue weighted by molar-refractivity contribution is -0.386. The molecule has 0 saturated heterocycles. The number of hydrogen-bond acceptors (Lipinski definition) is 20. The van der Waals surface area contributed by atoms with Gasteiger partial charge in [0.1, 0.15) is 34.3 Å². The molecular weight excluding hydrogens is 1580 g/mol. The zero-order valence-electron chi connectivity index (χ0n) is 68.2. The third-order valence-corrected chi connectivity index (χ3v) is 22.2. The number of rotatable bonds is 18. The number of fused-ring (bicyclic) bond motifs is 7. The number of nitrogens with zero attached hydrogens (tertiary/aromatic N) is 15. The molecule has 0 saturated carbocycles. The highest BCUT2D eigenvalue weighted by atomic mass is 35.5. The van der Waals surface area contributed by atoms with Gasteiger partial charge in [0.05, 0.1) is 108 Å². The van der Waals surface area contributed by atoms with Gasteiger partial charge in [-0.1, -0.05) is 150 Å². The van der Waals surface area contributed by atoms with Crippen LogP contribution in [0.1, 0.15) is 187 Å². The van der Waals surface area contributed by atoms with Crippen LogP contribution >= 0.6 is 11.6 Å². The Morgan fingerprint density at radius 2 is 0.984 bits per heavy atom. The van der Waals surface area contributed by atoms with Gasteiger partial charge in [-0.25, -0.2) is 28.9 Å². The van der Waals surface area contributed by atoms with E-state index in [0.29, 0.717) is 90.7 Å². The number of ether oxygens (including phenoxy) is 2. The van der Waals surface area contributed by atoms with E-state index in [9.17, 15) is 20.2 Å². The Hall–Kier alpha value is -15.6. The van der Waals surface area contributed by atoms with Gasteiger partial charge in [-0.2, -0.15) is 25.5 Å². The van der Waals surface area contributed by atoms with Gasteiger partial charge >= 0.3 is 0 Å². The SMILES string of the molecule is [C-]#[N+]C1=C(C(C)C)Nc2[nH]ncc2C1c1cccc(C)c1[N+](=O)[O-].[C-]#[N+]C1=C(CCC)Nc2[nH]ncc2C1c1cccc(C)c1[N+](=O)[O-].[C-]#[N+]C1=C(CCC)Nc2[nH]ncc2C1c1ccncc1.[C-]#[N+]C1=C(CCC)Nc2n[nH]c(C(OC)OC)c2C1c1ccccc1Cl.[C-]#[N+]C1=C(c2c[nH]c3ccccc23)Nc2[nH]ncc2C1c1cccc2nonc12. The van der Waals surface area contributed by atoms with Crippen LogP contribution in [0.5, 0.6) is 0 Å². The number of anilines is 5. The largest absolute Gasteiger partial charge is 0.361 e. The molecule has 18 rings (SSSR count). The van der Waals surface area contributed by atoms with Crippen molar-refractivity contribution in [3.8, 4) is 0 Å². The Balaban J connectivity index is 0.000000126. The predicted octanol–water partition coefficient (Wildman–Crippen LogP) is 20.5. The van der Waals surface area contributed by atoms with Crippen LogP contribution in [0.15, 0.2) is 215 Å². The van der Waals surface area contributed by atoms with Gasteiger partial charge in [-0.3, -0.25) is 50.7 Å². The molecule has 0 radical (unpaired) electrons. The fourth-order valence-corrected chi connectivity index (χ4v) is 16.7. The van der Waals surface area contributed by atoms with E-state index < -0.39 is 18.1 Å². The topological polar surface area (TPSA) is 398 Å². The minimum atomic E-state index is -0.613. The first-order chi connectivity index (χ1) is 59.9. The van der Waals surface area contributed by atoms with Gasteiger partial charge in [0.15, 0.2) is 34.9 Å². The fraction of sp³-hybridized carbons (Fsp3) is 0.247. The molecule has 0 amide bonds. The molecule has 5 atom stereocenters. The quantitative estimate of drug-likeness (QED) is 0.0164. The maximum Gasteiger partial charge on any atom is 0.275 e. The highest BCUT2D eigenvalue weighted by molar-refractivity contribution is 6.31. The summed E-state index contributed by atoms with van der Waals surface area (Å²) in [6.45, 7) is 52.3. The van der Waals surface area contributed by atoms with Gasteiger partial charge in [0.2, 0.25) is 5.70 Å². The lowest BCUT2D eigenvalue weighted by atomic mass is 9.83. The number of nitrogens with one attached hydrogen (secondary N) is 11. The molecule has 11 N–H and O–H groups in total. The predicted molar refractivity (Wildman–Crippen MR) is 466 cm³/mol. The average Bonchev–Trinajstić information content (AvgIpc) is 1.64. The van der Waals surface area contributed by atoms with Gasteiger partial charge in [-0.05, 0) is 96.4 Å². The monoisotopic (exact) mass is 1660 g/mol. The summed E-state index contributed by atoms with van der Waals surface area (Å²) < 4.78 is 15.8. The molecule has 123 heavy (non-hydrogen) atoms. The number of nitro groups is 2. The maximum atomic E-state index is 11.6. The van der Waals surface area contributed by atoms with Crippen molar-refractivity contribution in [1.29, 1.82) is 0 Å². The van der Waals surface area contributed by atoms with Crippen molar-refractivity contribution in [3.05, 3.63) is 370 Å². The first-order valence-corrected chi connectivity index (χ1v) is 39.8. The molecule has 0 fully saturated rings. The number of aromatic amines is 6. The summed E-state index contributed by atoms with van der Waals surface area (Å²) in [4.78, 5) is 48.9. The zero-order valence-corrected chi connectivity index (χ0v) is 69.0. The number of para-hydroxylation sites is 3. The van der Waals surface area contributed by atoms with Gasteiger partial charge in [-0.15, -0.1) is 0 Å². The van der Waals surface area contributed by atoms with Crippen molar-refractivity contribution in [3.63, 3.8) is 0 Å². The van der Waals surface area contributed by atoms with E-state index in [-0.39, 0.29) is 44.9 Å². The minimum Gasteiger partial charge on any atom is -0.361 e. The Morgan fingerprint density at radius 3 is 1.52 bits per heavy atom. The number of benzene rings is 5. The number of aryl methyl sites for hydroxylation is 2. The van der Waals surface area contributed by atoms with E-state index >= 15 is 0 Å². The molecule has 618 valence electrons. The summed E-state index contributed by atoms with van der Waals surface area (Å²) in [5.41, 5.74) is 20.4. The first-order valence-electron chi connectivity index (χ1n) is 39.5. The highest BCUT2D eigenvalue weighted by Crippen LogP contribution is 2.52. The molecule has 34 heteroatoms. The van der Waals surface area contributed by atoms with Crippen LogP contribution < -0.4 is 26.6 Å². The number of aromatic nitrogens is 14. The number of nitro benzene ring substituents is 2. The highest BCUT2D eigenvalue weighted by Gasteiger charge is 2.42. The lowest BCUT2D eigenvalue weighted by Gasteiger charge is -2.28. The molecule has 5 unspecified atom stereocenters. The molecule has 5 aliphatic heterocycles. The van der Waals surface area contributed by atoms with Crippen LogP contribution in [0.25, 0.3) is 51.9 Å². The summed E-state index contributed by atoms with van der Waals surface area (Å²) in [5, 5.41) is 85.0. The molecule has 8 aromatic heterocycles. The van der Waals surface area contributed by atoms with Crippen LogP contribution in [0.2, 0.25) is 5.02 Å². The van der Waals surface area contributed by atoms with Crippen LogP contribution in [0.4, 0.5) is 40.5 Å². The van der Waals surface area contributed by atoms with E-state index in [1.54, 1.807) is 102 Å². The molecule has 0 aliphatic carbocycles. The van der Waals surface area contributed by atoms with E-state index in [0.717, 1.165) is 139 Å². The Labute approximate surface area is 711 Å². The van der Waals surface area contributed by atoms with Gasteiger partial charge < -0.3 is 41.0 Å². The summed E-state index contributed by atoms with van der Waals surface area (Å²) in [5.74, 6) is 2.07. The summed E-state index contributed by atoms with van der Waals surface area (Å²) in [7, 11) is 3.13. The first kappa shape index (κ1) is 83.9. The third-order valence-electron chi connectivity index (χ3n) is 21.8. The second kappa shape index (κ2) is 37.1. The summed E-state index contributed by atoms with van der Waals surface area (Å²) in [6, 6.07) is 35.7. The molecule has 13 aromatic rings. The van der Waals surface area contributed by atoms with Crippen LogP contribution in [0, 0.1) is 72.9 Å². The summed E-state index contributed by atoms with van der Waals surface area (Å²) >= 11 is 6.50. The number of methoxy groups -OCH3 is 2. The second-order valence-corrected chi connectivity index (χ2v) is 29.9. The fourth-order valence-electron chi connectivity index (χ4n) is 16.4. The van der Waals surface area contributed by atoms with Crippen molar-refractivity contribution in [2.24, 2.45) is 5.92 Å². The minimum absolute atomic E-state index is 0.0563. The van der Waals surface area contributed by atoms with Crippen molar-refractivity contribution < 1.29 is 23.9 Å². The van der Waals surface area contributed by atoms with Crippen LogP contribution in [-0.2, 0) is 9.47 Å². The van der Waals surface area contributed by atoms with E-state index in [4.69, 9.17) is 58.6 Å². The Bertz CT molecular complexity index is 6570. The Kier molecular flexibility index (Phi) is 25.3. The molecular formula is C89H83ClN26O7. The molecule has 0 spiro atoms. The summed E-state index contributed by atoms with van der Waals surface area (Å²) in [6.07, 6.45) is 16.7. The number of H-pyrrole nitrogens is 6. The molecule has 33 nitrogen and oxygen atoms in total. The van der Waals surface area contributed by atoms with E-state index in [2.05, 4.69) is 136 Å². The lowest BCUT2D eigenvalue weighted by Crippen LogP contribution is -2.20. The van der Waals surface area contributed by atoms with Gasteiger partial charge in [0, 0.05) is 127 Å². The molecule has 5 aliphatic rings. The van der Waals surface area contributed by atoms with E-state index in [1.807, 2.05) is 106 Å². The van der Waals surface area contributed by atoms with Crippen molar-refractivity contribution >= 4 is 79.7 Å². The zero-order chi connectivity index (χ0) is 86.7. The Morgan fingerprint density at radius 1 is 0.512 bits per heavy atom. The third kappa shape index (κ3) is 16.2. The smallest absolute Gasteiger partial charge is 0.275 e. The number of pyridine rings is 1. The second-order valence-electron chi connectivity index (χ2n) is 29.5. The normalized spacial score (nSPS) is 16.5. The number of halogens is 1. The van der Waals surface area contributed by atoms with Crippen molar-refractivity contribution in [1.82, 2.24) is 71.3 Å². The molecule has 5 aromatic carbocycles. The number of allylic oxidation sites excluding steroid dienone is 9. The van der Waals surface area contributed by atoms with Crippen molar-refractivity contribution in [2.45, 2.75) is 123 Å². The standard InChI is InChI=1S/C21H13N7O.C19H21ClN4O2.2C17H17N5O2.C15H15N5/c1-22-20-17(12-6-4-8-16-18(12)28-29-27-16)14-10-24-26-21(14)25-19(20)13-9-23-15-7-3-2-5-11(13)15;1-5-8-13-16(21-2)14(11-9-6-7-10-12(11)20)15-17(19(25-3)26-4)23-24-18(15)22-13;1-9(2)14-15(18-4)13(12-8-19-21-17(12)20-14)11-7-5-6-10(3)16(11)22(23)24;1-4-6-13-15(18-3)14(12-9-19-21-17(12)20-13)11-8-5-7-10(2)16(11)22(23)24;1-3-4-12-14(16-2)13(10-5-7-17-8-6-10)11-9-18-20-15(11)19-12/h2-10,17,23H,(H2,24,25,26);6-7,9-10,14,19H,5,8H2,1,3-4H3,(H2,22,23,24);5-9,13H,1-3H3,(H2,19,20,21);5,7-9,14H,4,6H2,1-2H3,(H2,19,20,21);5-9,13H,3-4H2,1H3,(H2,18,19,20). The maximum absolute atomic E-state index is 11.6. The number of hydrogen-bond donors (Lipinski definition) is 11. The van der Waals surface area contributed by atoms with Crippen LogP contribution in [-0.4, -0.2) is 95.3 Å².